The molecular weight excluding hydrogens is 328 g/mol. The lowest BCUT2D eigenvalue weighted by molar-refractivity contribution is -0.142. The van der Waals surface area contributed by atoms with Gasteiger partial charge in [0.25, 0.3) is 0 Å². The Hall–Kier alpha value is -1.34. The molecule has 1 saturated carbocycles. The number of amides is 1. The van der Waals surface area contributed by atoms with Crippen LogP contribution in [-0.2, 0) is 21.2 Å². The van der Waals surface area contributed by atoms with Crippen LogP contribution in [0.15, 0.2) is 16.5 Å². The average Bonchev–Trinajstić information content (AvgIpc) is 2.98. The van der Waals surface area contributed by atoms with Crippen molar-refractivity contribution in [3.63, 3.8) is 0 Å². The molecule has 1 aromatic heterocycles. The number of furan rings is 1. The summed E-state index contributed by atoms with van der Waals surface area (Å²) in [4.78, 5) is 16.8. The van der Waals surface area contributed by atoms with Crippen molar-refractivity contribution in [1.82, 2.24) is 9.80 Å². The molecule has 3 heterocycles. The van der Waals surface area contributed by atoms with Crippen LogP contribution in [-0.4, -0.2) is 60.8 Å². The third-order valence-corrected chi connectivity index (χ3v) is 7.42. The zero-order valence-corrected chi connectivity index (χ0v) is 15.0. The van der Waals surface area contributed by atoms with Gasteiger partial charge in [-0.2, -0.15) is 0 Å². The second kappa shape index (κ2) is 5.33. The number of carbonyl (C=O) groups excluding carboxylic acids is 1. The average molecular weight is 352 g/mol. The van der Waals surface area contributed by atoms with Crippen molar-refractivity contribution in [2.45, 2.75) is 45.3 Å². The Morgan fingerprint density at radius 2 is 1.96 bits per heavy atom. The third kappa shape index (κ3) is 2.77. The van der Waals surface area contributed by atoms with E-state index in [1.807, 2.05) is 30.9 Å². The van der Waals surface area contributed by atoms with Crippen LogP contribution >= 0.6 is 0 Å². The predicted molar refractivity (Wildman–Crippen MR) is 89.1 cm³/mol. The monoisotopic (exact) mass is 352 g/mol. The zero-order valence-electron chi connectivity index (χ0n) is 14.2. The second-order valence-corrected chi connectivity index (χ2v) is 9.91. The van der Waals surface area contributed by atoms with Gasteiger partial charge in [-0.25, -0.2) is 8.42 Å². The number of carbonyl (C=O) groups is 1. The number of piperazine rings is 1. The van der Waals surface area contributed by atoms with Crippen molar-refractivity contribution in [2.75, 3.05) is 24.6 Å². The lowest BCUT2D eigenvalue weighted by Gasteiger charge is -2.44. The molecule has 6 nitrogen and oxygen atoms in total. The molecule has 3 aliphatic rings. The van der Waals surface area contributed by atoms with Gasteiger partial charge in [0, 0.05) is 24.5 Å². The Morgan fingerprint density at radius 3 is 2.58 bits per heavy atom. The van der Waals surface area contributed by atoms with Crippen LogP contribution < -0.4 is 0 Å². The molecule has 0 aromatic carbocycles. The van der Waals surface area contributed by atoms with Crippen molar-refractivity contribution in [1.29, 1.82) is 0 Å². The molecule has 1 aliphatic carbocycles. The van der Waals surface area contributed by atoms with Crippen molar-refractivity contribution in [3.05, 3.63) is 23.7 Å². The highest BCUT2D eigenvalue weighted by Gasteiger charge is 2.54. The minimum atomic E-state index is -3.11. The maximum atomic E-state index is 12.8. The van der Waals surface area contributed by atoms with Crippen LogP contribution in [0, 0.1) is 12.3 Å². The van der Waals surface area contributed by atoms with Gasteiger partial charge in [-0.3, -0.25) is 9.69 Å². The molecule has 7 heteroatoms. The molecule has 0 bridgehead atoms. The highest BCUT2D eigenvalue weighted by molar-refractivity contribution is 7.91. The molecule has 0 radical (unpaired) electrons. The van der Waals surface area contributed by atoms with Gasteiger partial charge in [-0.15, -0.1) is 0 Å². The predicted octanol–water partition coefficient (Wildman–Crippen LogP) is 1.20. The SMILES string of the molecule is Cc1ccc(CN2CCN(C(=O)C3(C)CC3)[C@H]3CS(=O)(=O)C[C@H]32)o1. The maximum Gasteiger partial charge on any atom is 0.228 e. The molecule has 1 aromatic rings. The van der Waals surface area contributed by atoms with E-state index in [4.69, 9.17) is 4.42 Å². The van der Waals surface area contributed by atoms with E-state index in [1.54, 1.807) is 0 Å². The molecule has 2 atom stereocenters. The number of sulfone groups is 1. The highest BCUT2D eigenvalue weighted by Crippen LogP contribution is 2.47. The summed E-state index contributed by atoms with van der Waals surface area (Å²) in [6.07, 6.45) is 1.84. The maximum absolute atomic E-state index is 12.8. The van der Waals surface area contributed by atoms with Gasteiger partial charge < -0.3 is 9.32 Å². The topological polar surface area (TPSA) is 70.8 Å². The standard InChI is InChI=1S/C17H24N2O4S/c1-12-3-4-13(23-12)9-18-7-8-19(16(20)17(2)5-6-17)15-11-24(21,22)10-14(15)18/h3-4,14-15H,5-11H2,1-2H3/t14-,15+/m1/s1. The first-order valence-corrected chi connectivity index (χ1v) is 10.4. The summed E-state index contributed by atoms with van der Waals surface area (Å²) in [6.45, 7) is 5.79. The summed E-state index contributed by atoms with van der Waals surface area (Å²) in [5.74, 6) is 2.08. The molecule has 132 valence electrons. The first kappa shape index (κ1) is 16.1. The van der Waals surface area contributed by atoms with Gasteiger partial charge in [0.2, 0.25) is 5.91 Å². The largest absolute Gasteiger partial charge is 0.465 e. The van der Waals surface area contributed by atoms with E-state index in [-0.39, 0.29) is 34.9 Å². The Labute approximate surface area is 142 Å². The lowest BCUT2D eigenvalue weighted by Crippen LogP contribution is -2.61. The minimum Gasteiger partial charge on any atom is -0.465 e. The summed E-state index contributed by atoms with van der Waals surface area (Å²) in [5.41, 5.74) is -0.253. The quantitative estimate of drug-likeness (QED) is 0.817. The minimum absolute atomic E-state index is 0.0904. The van der Waals surface area contributed by atoms with Crippen LogP contribution in [0.5, 0.6) is 0 Å². The number of nitrogens with zero attached hydrogens (tertiary/aromatic N) is 2. The van der Waals surface area contributed by atoms with Crippen LogP contribution in [0.4, 0.5) is 0 Å². The molecule has 2 saturated heterocycles. The second-order valence-electron chi connectivity index (χ2n) is 7.75. The van der Waals surface area contributed by atoms with Crippen LogP contribution in [0.25, 0.3) is 0 Å². The van der Waals surface area contributed by atoms with Crippen molar-refractivity contribution >= 4 is 15.7 Å². The summed E-state index contributed by atoms with van der Waals surface area (Å²) >= 11 is 0. The third-order valence-electron chi connectivity index (χ3n) is 5.72. The van der Waals surface area contributed by atoms with E-state index in [0.717, 1.165) is 24.4 Å². The number of rotatable bonds is 3. The summed E-state index contributed by atoms with van der Waals surface area (Å²) in [5, 5.41) is 0. The molecule has 1 amide bonds. The molecule has 0 unspecified atom stereocenters. The molecule has 2 aliphatic heterocycles. The molecular formula is C17H24N2O4S. The summed E-state index contributed by atoms with van der Waals surface area (Å²) < 4.78 is 30.1. The van der Waals surface area contributed by atoms with E-state index < -0.39 is 9.84 Å². The lowest BCUT2D eigenvalue weighted by atomic mass is 10.0. The fourth-order valence-electron chi connectivity index (χ4n) is 3.99. The van der Waals surface area contributed by atoms with Gasteiger partial charge in [0.15, 0.2) is 9.84 Å². The van der Waals surface area contributed by atoms with Crippen molar-refractivity contribution in [2.24, 2.45) is 5.41 Å². The highest BCUT2D eigenvalue weighted by atomic mass is 32.2. The van der Waals surface area contributed by atoms with Crippen molar-refractivity contribution < 1.29 is 17.6 Å². The van der Waals surface area contributed by atoms with Crippen molar-refractivity contribution in [3.8, 4) is 0 Å². The van der Waals surface area contributed by atoms with E-state index in [9.17, 15) is 13.2 Å². The summed E-state index contributed by atoms with van der Waals surface area (Å²) in [7, 11) is -3.11. The van der Waals surface area contributed by atoms with Gasteiger partial charge in [-0.05, 0) is 31.9 Å². The van der Waals surface area contributed by atoms with E-state index >= 15 is 0 Å². The summed E-state index contributed by atoms with van der Waals surface area (Å²) in [6, 6.07) is 3.52. The normalized spacial score (nSPS) is 31.0. The first-order valence-electron chi connectivity index (χ1n) is 8.58. The van der Waals surface area contributed by atoms with Gasteiger partial charge >= 0.3 is 0 Å². The Kier molecular flexibility index (Phi) is 3.58. The number of hydrogen-bond donors (Lipinski definition) is 0. The Bertz CT molecular complexity index is 765. The smallest absolute Gasteiger partial charge is 0.228 e. The fraction of sp³-hybridized carbons (Fsp3) is 0.706. The van der Waals surface area contributed by atoms with Gasteiger partial charge in [-0.1, -0.05) is 6.92 Å². The molecule has 3 fully saturated rings. The molecule has 0 spiro atoms. The molecule has 24 heavy (non-hydrogen) atoms. The zero-order chi connectivity index (χ0) is 17.1. The van der Waals surface area contributed by atoms with E-state index in [0.29, 0.717) is 19.6 Å². The Morgan fingerprint density at radius 1 is 1.25 bits per heavy atom. The number of fused-ring (bicyclic) bond motifs is 1. The van der Waals surface area contributed by atoms with E-state index in [2.05, 4.69) is 4.90 Å². The molecule has 0 N–H and O–H groups in total. The van der Waals surface area contributed by atoms with Crippen LogP contribution in [0.3, 0.4) is 0 Å². The number of hydrogen-bond acceptors (Lipinski definition) is 5. The van der Waals surface area contributed by atoms with Crippen LogP contribution in [0.1, 0.15) is 31.3 Å². The Balaban J connectivity index is 1.57. The first-order chi connectivity index (χ1) is 11.3. The van der Waals surface area contributed by atoms with E-state index in [1.165, 1.54) is 0 Å². The molecule has 4 rings (SSSR count). The van der Waals surface area contributed by atoms with Gasteiger partial charge in [0.05, 0.1) is 24.1 Å². The van der Waals surface area contributed by atoms with Crippen LogP contribution in [0.2, 0.25) is 0 Å². The number of aryl methyl sites for hydroxylation is 1. The fourth-order valence-corrected chi connectivity index (χ4v) is 6.00. The van der Waals surface area contributed by atoms with Gasteiger partial charge in [0.1, 0.15) is 11.5 Å².